The van der Waals surface area contributed by atoms with Gasteiger partial charge in [0.05, 0.1) is 17.2 Å². The Balaban J connectivity index is 1.79. The molecule has 1 aliphatic rings. The summed E-state index contributed by atoms with van der Waals surface area (Å²) in [5.74, 6) is 0.536. The van der Waals surface area contributed by atoms with Crippen molar-refractivity contribution in [2.24, 2.45) is 5.10 Å². The van der Waals surface area contributed by atoms with Gasteiger partial charge < -0.3 is 14.5 Å². The van der Waals surface area contributed by atoms with Gasteiger partial charge in [0.25, 0.3) is 11.8 Å². The van der Waals surface area contributed by atoms with Crippen LogP contribution in [0.1, 0.15) is 50.0 Å². The molecule has 3 rings (SSSR count). The molecule has 0 atom stereocenters. The van der Waals surface area contributed by atoms with E-state index in [-0.39, 0.29) is 11.8 Å². The first kappa shape index (κ1) is 18.3. The minimum absolute atomic E-state index is 0.238. The molecule has 0 unspecified atom stereocenters. The first-order chi connectivity index (χ1) is 12.6. The van der Waals surface area contributed by atoms with E-state index in [1.807, 2.05) is 18.4 Å². The van der Waals surface area contributed by atoms with Crippen LogP contribution in [0.5, 0.6) is 0 Å². The number of thiophene rings is 1. The van der Waals surface area contributed by atoms with Gasteiger partial charge >= 0.3 is 0 Å². The molecular formula is C18H21N3O4S. The van der Waals surface area contributed by atoms with Crippen molar-refractivity contribution < 1.29 is 18.7 Å². The summed E-state index contributed by atoms with van der Waals surface area (Å²) in [6.07, 6.45) is 2.33. The van der Waals surface area contributed by atoms with Crippen LogP contribution in [0.3, 0.4) is 0 Å². The Morgan fingerprint density at radius 1 is 1.35 bits per heavy atom. The number of nitrogens with zero attached hydrogens (tertiary/aromatic N) is 1. The molecule has 0 bridgehead atoms. The summed E-state index contributed by atoms with van der Waals surface area (Å²) in [4.78, 5) is 25.0. The van der Waals surface area contributed by atoms with Crippen LogP contribution in [-0.2, 0) is 11.2 Å². The van der Waals surface area contributed by atoms with Gasteiger partial charge in [-0.05, 0) is 31.2 Å². The summed E-state index contributed by atoms with van der Waals surface area (Å²) in [5.41, 5.74) is 4.93. The predicted octanol–water partition coefficient (Wildman–Crippen LogP) is 2.50. The first-order valence-electron chi connectivity index (χ1n) is 8.42. The second-order valence-electron chi connectivity index (χ2n) is 5.93. The smallest absolute Gasteiger partial charge is 0.287 e. The van der Waals surface area contributed by atoms with Crippen LogP contribution in [0.2, 0.25) is 0 Å². The third-order valence-corrected chi connectivity index (χ3v) is 5.03. The normalized spacial score (nSPS) is 14.9. The third-order valence-electron chi connectivity index (χ3n) is 4.16. The van der Waals surface area contributed by atoms with Crippen LogP contribution in [-0.4, -0.2) is 37.8 Å². The molecule has 0 saturated carbocycles. The van der Waals surface area contributed by atoms with Crippen LogP contribution in [0.25, 0.3) is 0 Å². The minimum atomic E-state index is -0.268. The lowest BCUT2D eigenvalue weighted by atomic mass is 9.93. The highest BCUT2D eigenvalue weighted by Crippen LogP contribution is 2.29. The van der Waals surface area contributed by atoms with Crippen molar-refractivity contribution in [1.29, 1.82) is 0 Å². The number of hydrazone groups is 1. The molecular weight excluding hydrogens is 354 g/mol. The molecule has 0 fully saturated rings. The van der Waals surface area contributed by atoms with Gasteiger partial charge in [-0.2, -0.15) is 5.10 Å². The molecule has 0 saturated heterocycles. The van der Waals surface area contributed by atoms with Crippen molar-refractivity contribution in [3.05, 3.63) is 45.0 Å². The van der Waals surface area contributed by atoms with Crippen molar-refractivity contribution in [2.45, 2.75) is 26.2 Å². The van der Waals surface area contributed by atoms with E-state index in [1.54, 1.807) is 13.2 Å². The number of furan rings is 1. The van der Waals surface area contributed by atoms with Gasteiger partial charge in [0.15, 0.2) is 5.76 Å². The van der Waals surface area contributed by atoms with Crippen molar-refractivity contribution >= 4 is 28.9 Å². The topological polar surface area (TPSA) is 92.9 Å². The van der Waals surface area contributed by atoms with Crippen molar-refractivity contribution in [3.63, 3.8) is 0 Å². The van der Waals surface area contributed by atoms with Crippen molar-refractivity contribution in [1.82, 2.24) is 10.7 Å². The Kier molecular flexibility index (Phi) is 5.85. The van der Waals surface area contributed by atoms with Gasteiger partial charge in [-0.1, -0.05) is 6.07 Å². The minimum Gasteiger partial charge on any atom is -0.455 e. The highest BCUT2D eigenvalue weighted by molar-refractivity contribution is 7.12. The van der Waals surface area contributed by atoms with Gasteiger partial charge in [-0.15, -0.1) is 11.3 Å². The number of fused-ring (bicyclic) bond motifs is 1. The lowest BCUT2D eigenvalue weighted by molar-refractivity contribution is 0.0906. The Morgan fingerprint density at radius 2 is 2.19 bits per heavy atom. The monoisotopic (exact) mass is 375 g/mol. The predicted molar refractivity (Wildman–Crippen MR) is 98.9 cm³/mol. The lowest BCUT2D eigenvalue weighted by Gasteiger charge is -2.13. The summed E-state index contributed by atoms with van der Waals surface area (Å²) in [5, 5.41) is 8.91. The molecule has 2 aromatic heterocycles. The number of hydrogen-bond acceptors (Lipinski definition) is 6. The van der Waals surface area contributed by atoms with Crippen molar-refractivity contribution in [3.8, 4) is 0 Å². The third kappa shape index (κ3) is 3.86. The maximum absolute atomic E-state index is 12.3. The molecule has 138 valence electrons. The maximum Gasteiger partial charge on any atom is 0.287 e. The number of methoxy groups -OCH3 is 1. The lowest BCUT2D eigenvalue weighted by Crippen LogP contribution is -2.27. The van der Waals surface area contributed by atoms with Crippen LogP contribution < -0.4 is 10.7 Å². The average molecular weight is 375 g/mol. The number of nitrogens with one attached hydrogen (secondary N) is 2. The Labute approximate surface area is 155 Å². The van der Waals surface area contributed by atoms with E-state index < -0.39 is 0 Å². The van der Waals surface area contributed by atoms with Crippen LogP contribution >= 0.6 is 11.3 Å². The van der Waals surface area contributed by atoms with E-state index in [0.29, 0.717) is 23.8 Å². The molecule has 2 N–H and O–H groups in total. The summed E-state index contributed by atoms with van der Waals surface area (Å²) in [6, 6.07) is 3.57. The van der Waals surface area contributed by atoms with Gasteiger partial charge in [0.1, 0.15) is 5.76 Å². The molecule has 0 spiro atoms. The second kappa shape index (κ2) is 8.29. The standard InChI is InChI=1S/C18H21N3O4S/c1-11-15-12(20-21-17(22)14-7-4-10-26-14)5-3-6-13(15)25-16(11)18(23)19-8-9-24-2/h4,7,10H,3,5-6,8-9H2,1-2H3,(H,19,23)(H,21,22)/b20-12+. The van der Waals surface area contributed by atoms with E-state index in [0.717, 1.165) is 41.9 Å². The number of hydrogen-bond donors (Lipinski definition) is 2. The molecule has 2 aromatic rings. The van der Waals surface area contributed by atoms with Crippen LogP contribution in [0, 0.1) is 6.92 Å². The fourth-order valence-corrected chi connectivity index (χ4v) is 3.54. The highest BCUT2D eigenvalue weighted by atomic mass is 32.1. The highest BCUT2D eigenvalue weighted by Gasteiger charge is 2.28. The number of ether oxygens (including phenoxy) is 1. The zero-order valence-corrected chi connectivity index (χ0v) is 15.6. The van der Waals surface area contributed by atoms with E-state index in [1.165, 1.54) is 11.3 Å². The van der Waals surface area contributed by atoms with E-state index >= 15 is 0 Å². The van der Waals surface area contributed by atoms with E-state index in [9.17, 15) is 9.59 Å². The van der Waals surface area contributed by atoms with E-state index in [2.05, 4.69) is 15.8 Å². The maximum atomic E-state index is 12.3. The molecule has 8 heteroatoms. The molecule has 0 aliphatic heterocycles. The fourth-order valence-electron chi connectivity index (χ4n) is 2.92. The van der Waals surface area contributed by atoms with Gasteiger partial charge in [-0.25, -0.2) is 5.43 Å². The molecule has 0 radical (unpaired) electrons. The number of aryl methyl sites for hydroxylation is 1. The molecule has 0 aromatic carbocycles. The number of amides is 2. The summed E-state index contributed by atoms with van der Waals surface area (Å²) in [6.45, 7) is 2.69. The number of carbonyl (C=O) groups is 2. The first-order valence-corrected chi connectivity index (χ1v) is 9.30. The van der Waals surface area contributed by atoms with Gasteiger partial charge in [-0.3, -0.25) is 9.59 Å². The largest absolute Gasteiger partial charge is 0.455 e. The fraction of sp³-hybridized carbons (Fsp3) is 0.389. The Hall–Kier alpha value is -2.45. The zero-order valence-electron chi connectivity index (χ0n) is 14.8. The number of carbonyl (C=O) groups excluding carboxylic acids is 2. The second-order valence-corrected chi connectivity index (χ2v) is 6.88. The molecule has 26 heavy (non-hydrogen) atoms. The molecule has 7 nitrogen and oxygen atoms in total. The average Bonchev–Trinajstić information content (AvgIpc) is 3.28. The molecule has 2 amide bonds. The van der Waals surface area contributed by atoms with Crippen LogP contribution in [0.4, 0.5) is 0 Å². The molecule has 2 heterocycles. The summed E-state index contributed by atoms with van der Waals surface area (Å²) >= 11 is 1.36. The Bertz CT molecular complexity index is 824. The molecule has 1 aliphatic carbocycles. The zero-order chi connectivity index (χ0) is 18.5. The van der Waals surface area contributed by atoms with Crippen LogP contribution in [0.15, 0.2) is 27.0 Å². The SMILES string of the molecule is COCCNC(=O)c1oc2c(c1C)/C(=N/NC(=O)c1cccs1)CCC2. The summed E-state index contributed by atoms with van der Waals surface area (Å²) in [7, 11) is 1.58. The van der Waals surface area contributed by atoms with Gasteiger partial charge in [0, 0.05) is 31.2 Å². The van der Waals surface area contributed by atoms with E-state index in [4.69, 9.17) is 9.15 Å². The van der Waals surface area contributed by atoms with Gasteiger partial charge in [0.2, 0.25) is 0 Å². The Morgan fingerprint density at radius 3 is 2.92 bits per heavy atom. The quantitative estimate of drug-likeness (QED) is 0.599. The summed E-state index contributed by atoms with van der Waals surface area (Å²) < 4.78 is 10.7. The number of rotatable bonds is 6. The van der Waals surface area contributed by atoms with Crippen molar-refractivity contribution in [2.75, 3.05) is 20.3 Å².